The molecule has 0 aliphatic carbocycles. The Kier molecular flexibility index (Phi) is 3.46. The number of nitrogens with zero attached hydrogens (tertiary/aromatic N) is 2. The van der Waals surface area contributed by atoms with Crippen LogP contribution in [0.1, 0.15) is 23.1 Å². The molecule has 0 spiro atoms. The number of hydrogen-bond acceptors (Lipinski definition) is 3. The zero-order chi connectivity index (χ0) is 13.1. The summed E-state index contributed by atoms with van der Waals surface area (Å²) in [6.07, 6.45) is 0. The number of aromatic nitrogens is 2. The molecule has 94 valence electrons. The molecule has 0 amide bonds. The summed E-state index contributed by atoms with van der Waals surface area (Å²) in [7, 11) is 1.83. The van der Waals surface area contributed by atoms with Crippen molar-refractivity contribution in [2.75, 3.05) is 6.61 Å². The van der Waals surface area contributed by atoms with E-state index in [0.717, 1.165) is 11.4 Å². The molecule has 1 aromatic heterocycles. The quantitative estimate of drug-likeness (QED) is 0.779. The van der Waals surface area contributed by atoms with E-state index in [2.05, 4.69) is 4.98 Å². The van der Waals surface area contributed by atoms with Crippen LogP contribution in [0.15, 0.2) is 30.3 Å². The van der Waals surface area contributed by atoms with Gasteiger partial charge in [0, 0.05) is 12.6 Å². The normalized spacial score (nSPS) is 10.4. The third kappa shape index (κ3) is 2.14. The van der Waals surface area contributed by atoms with Gasteiger partial charge < -0.3 is 9.30 Å². The van der Waals surface area contributed by atoms with Crippen LogP contribution in [0.3, 0.4) is 0 Å². The van der Waals surface area contributed by atoms with Crippen molar-refractivity contribution >= 4 is 5.97 Å². The van der Waals surface area contributed by atoms with Crippen LogP contribution in [-0.4, -0.2) is 22.1 Å². The highest BCUT2D eigenvalue weighted by Gasteiger charge is 2.19. The number of benzene rings is 1. The Hall–Kier alpha value is -2.10. The molecule has 0 saturated heterocycles. The standard InChI is InChI=1S/C14H16N2O2/c1-4-18-14(17)12-10(2)15-13(16(12)3)11-8-6-5-7-9-11/h5-9H,4H2,1-3H3. The molecular formula is C14H16N2O2. The number of rotatable bonds is 3. The molecule has 0 saturated carbocycles. The highest BCUT2D eigenvalue weighted by Crippen LogP contribution is 2.21. The van der Waals surface area contributed by atoms with Gasteiger partial charge in [0.25, 0.3) is 0 Å². The van der Waals surface area contributed by atoms with Crippen molar-refractivity contribution in [3.8, 4) is 11.4 Å². The van der Waals surface area contributed by atoms with Gasteiger partial charge in [-0.15, -0.1) is 0 Å². The van der Waals surface area contributed by atoms with Crippen LogP contribution in [0.4, 0.5) is 0 Å². The second-order valence-corrected chi connectivity index (χ2v) is 4.01. The smallest absolute Gasteiger partial charge is 0.356 e. The fraction of sp³-hybridized carbons (Fsp3) is 0.286. The lowest BCUT2D eigenvalue weighted by Crippen LogP contribution is -2.11. The predicted molar refractivity (Wildman–Crippen MR) is 69.3 cm³/mol. The minimum Gasteiger partial charge on any atom is -0.461 e. The van der Waals surface area contributed by atoms with Gasteiger partial charge in [0.15, 0.2) is 0 Å². The minimum absolute atomic E-state index is 0.327. The largest absolute Gasteiger partial charge is 0.461 e. The van der Waals surface area contributed by atoms with Crippen molar-refractivity contribution in [2.45, 2.75) is 13.8 Å². The molecule has 0 radical (unpaired) electrons. The van der Waals surface area contributed by atoms with Gasteiger partial charge in [-0.2, -0.15) is 0 Å². The van der Waals surface area contributed by atoms with Crippen LogP contribution in [0.5, 0.6) is 0 Å². The average Bonchev–Trinajstić information content (AvgIpc) is 2.66. The second-order valence-electron chi connectivity index (χ2n) is 4.01. The maximum atomic E-state index is 11.8. The van der Waals surface area contributed by atoms with Crippen molar-refractivity contribution in [1.82, 2.24) is 9.55 Å². The van der Waals surface area contributed by atoms with Gasteiger partial charge in [-0.05, 0) is 13.8 Å². The Morgan fingerprint density at radius 2 is 2.00 bits per heavy atom. The molecule has 2 aromatic rings. The molecule has 4 heteroatoms. The highest BCUT2D eigenvalue weighted by molar-refractivity contribution is 5.89. The van der Waals surface area contributed by atoms with Crippen LogP contribution in [0.25, 0.3) is 11.4 Å². The van der Waals surface area contributed by atoms with Crippen molar-refractivity contribution in [3.05, 3.63) is 41.7 Å². The lowest BCUT2D eigenvalue weighted by molar-refractivity contribution is 0.0514. The zero-order valence-corrected chi connectivity index (χ0v) is 10.8. The number of aryl methyl sites for hydroxylation is 1. The summed E-state index contributed by atoms with van der Waals surface area (Å²) in [5, 5.41) is 0. The van der Waals surface area contributed by atoms with Crippen LogP contribution < -0.4 is 0 Å². The fourth-order valence-corrected chi connectivity index (χ4v) is 1.96. The molecule has 4 nitrogen and oxygen atoms in total. The van der Waals surface area contributed by atoms with Crippen LogP contribution in [0.2, 0.25) is 0 Å². The van der Waals surface area contributed by atoms with E-state index in [1.54, 1.807) is 11.5 Å². The first kappa shape index (κ1) is 12.4. The molecule has 2 rings (SSSR count). The van der Waals surface area contributed by atoms with Gasteiger partial charge in [0.1, 0.15) is 11.5 Å². The summed E-state index contributed by atoms with van der Waals surface area (Å²) < 4.78 is 6.82. The first-order valence-electron chi connectivity index (χ1n) is 5.91. The van der Waals surface area contributed by atoms with Crippen molar-refractivity contribution in [1.29, 1.82) is 0 Å². The molecule has 0 unspecified atom stereocenters. The van der Waals surface area contributed by atoms with E-state index >= 15 is 0 Å². The topological polar surface area (TPSA) is 44.1 Å². The zero-order valence-electron chi connectivity index (χ0n) is 10.8. The first-order chi connectivity index (χ1) is 8.65. The highest BCUT2D eigenvalue weighted by atomic mass is 16.5. The van der Waals surface area contributed by atoms with Crippen molar-refractivity contribution in [3.63, 3.8) is 0 Å². The number of esters is 1. The lowest BCUT2D eigenvalue weighted by atomic mass is 10.2. The van der Waals surface area contributed by atoms with E-state index in [0.29, 0.717) is 18.0 Å². The lowest BCUT2D eigenvalue weighted by Gasteiger charge is -2.05. The number of imidazole rings is 1. The molecule has 0 atom stereocenters. The molecule has 0 aliphatic heterocycles. The first-order valence-corrected chi connectivity index (χ1v) is 5.91. The number of ether oxygens (including phenoxy) is 1. The summed E-state index contributed by atoms with van der Waals surface area (Å²) in [6, 6.07) is 9.78. The van der Waals surface area contributed by atoms with Gasteiger partial charge in [-0.25, -0.2) is 9.78 Å². The summed E-state index contributed by atoms with van der Waals surface area (Å²) in [4.78, 5) is 16.3. The molecule has 0 fully saturated rings. The Labute approximate surface area is 106 Å². The van der Waals surface area contributed by atoms with Gasteiger partial charge in [-0.1, -0.05) is 30.3 Å². The van der Waals surface area contributed by atoms with Gasteiger partial charge in [-0.3, -0.25) is 0 Å². The maximum Gasteiger partial charge on any atom is 0.356 e. The number of carbonyl (C=O) groups is 1. The van der Waals surface area contributed by atoms with Crippen LogP contribution in [-0.2, 0) is 11.8 Å². The van der Waals surface area contributed by atoms with Gasteiger partial charge in [0.05, 0.1) is 12.3 Å². The Balaban J connectivity index is 2.47. The summed E-state index contributed by atoms with van der Waals surface area (Å²) in [6.45, 7) is 3.98. The predicted octanol–water partition coefficient (Wildman–Crippen LogP) is 2.57. The van der Waals surface area contributed by atoms with E-state index in [9.17, 15) is 4.79 Å². The summed E-state index contributed by atoms with van der Waals surface area (Å²) >= 11 is 0. The minimum atomic E-state index is -0.327. The number of hydrogen-bond donors (Lipinski definition) is 0. The van der Waals surface area contributed by atoms with Gasteiger partial charge in [0.2, 0.25) is 0 Å². The van der Waals surface area contributed by atoms with E-state index in [1.807, 2.05) is 44.3 Å². The second kappa shape index (κ2) is 5.04. The van der Waals surface area contributed by atoms with E-state index < -0.39 is 0 Å². The van der Waals surface area contributed by atoms with E-state index in [4.69, 9.17) is 4.74 Å². The third-order valence-corrected chi connectivity index (χ3v) is 2.77. The molecule has 0 aliphatic rings. The number of carbonyl (C=O) groups excluding carboxylic acids is 1. The fourth-order valence-electron chi connectivity index (χ4n) is 1.96. The summed E-state index contributed by atoms with van der Waals surface area (Å²) in [5.74, 6) is 0.448. The molecule has 1 heterocycles. The average molecular weight is 244 g/mol. The Bertz CT molecular complexity index is 559. The third-order valence-electron chi connectivity index (χ3n) is 2.77. The monoisotopic (exact) mass is 244 g/mol. The molecule has 1 aromatic carbocycles. The molecule has 0 bridgehead atoms. The SMILES string of the molecule is CCOC(=O)c1c(C)nc(-c2ccccc2)n1C. The molecule has 18 heavy (non-hydrogen) atoms. The van der Waals surface area contributed by atoms with Crippen molar-refractivity contribution in [2.24, 2.45) is 7.05 Å². The van der Waals surface area contributed by atoms with Gasteiger partial charge >= 0.3 is 5.97 Å². The van der Waals surface area contributed by atoms with Crippen LogP contribution in [0, 0.1) is 6.92 Å². The Morgan fingerprint density at radius 3 is 2.61 bits per heavy atom. The Morgan fingerprint density at radius 1 is 1.33 bits per heavy atom. The van der Waals surface area contributed by atoms with E-state index in [1.165, 1.54) is 0 Å². The van der Waals surface area contributed by atoms with Crippen LogP contribution >= 0.6 is 0 Å². The summed E-state index contributed by atoms with van der Waals surface area (Å²) in [5.41, 5.74) is 2.18. The molecule has 0 N–H and O–H groups in total. The van der Waals surface area contributed by atoms with Crippen molar-refractivity contribution < 1.29 is 9.53 Å². The molecular weight excluding hydrogens is 228 g/mol. The van der Waals surface area contributed by atoms with E-state index in [-0.39, 0.29) is 5.97 Å². The maximum absolute atomic E-state index is 11.8.